The maximum absolute atomic E-state index is 10.4. The van der Waals surface area contributed by atoms with Crippen molar-refractivity contribution in [2.75, 3.05) is 13.2 Å². The first kappa shape index (κ1) is 14.6. The second-order valence-corrected chi connectivity index (χ2v) is 5.35. The van der Waals surface area contributed by atoms with Crippen molar-refractivity contribution in [3.8, 4) is 0 Å². The average molecular weight is 315 g/mol. The summed E-state index contributed by atoms with van der Waals surface area (Å²) in [6.45, 7) is -0.284. The number of hydrogen-bond acceptors (Lipinski definition) is 7. The van der Waals surface area contributed by atoms with Gasteiger partial charge in [0.1, 0.15) is 24.1 Å². The summed E-state index contributed by atoms with van der Waals surface area (Å²) < 4.78 is 6.93. The third-order valence-corrected chi connectivity index (χ3v) is 3.92. The summed E-state index contributed by atoms with van der Waals surface area (Å²) in [5.41, 5.74) is 0.886. The Morgan fingerprint density at radius 3 is 2.90 bits per heavy atom. The Bertz CT molecular complexity index is 637. The number of aromatic nitrogens is 4. The maximum Gasteiger partial charge on any atom is 0.165 e. The molecule has 1 aliphatic rings. The molecular formula is C12H15ClN4O4. The molecule has 1 fully saturated rings. The molecule has 114 valence electrons. The van der Waals surface area contributed by atoms with Crippen LogP contribution >= 0.6 is 11.6 Å². The third-order valence-electron chi connectivity index (χ3n) is 3.64. The van der Waals surface area contributed by atoms with E-state index in [1.54, 1.807) is 4.57 Å². The quantitative estimate of drug-likeness (QED) is 0.642. The number of aliphatic hydroxyl groups excluding tert-OH is 3. The maximum atomic E-state index is 10.4. The van der Waals surface area contributed by atoms with Crippen molar-refractivity contribution < 1.29 is 20.1 Å². The Morgan fingerprint density at radius 2 is 2.14 bits per heavy atom. The van der Waals surface area contributed by atoms with Crippen LogP contribution in [-0.2, 0) is 4.74 Å². The van der Waals surface area contributed by atoms with E-state index in [0.29, 0.717) is 11.2 Å². The number of ether oxygens (including phenoxy) is 1. The monoisotopic (exact) mass is 314 g/mol. The summed E-state index contributed by atoms with van der Waals surface area (Å²) in [6, 6.07) is -0.532. The molecule has 8 nitrogen and oxygen atoms in total. The predicted octanol–water partition coefficient (Wildman–Crippen LogP) is -0.476. The van der Waals surface area contributed by atoms with Crippen LogP contribution in [0, 0.1) is 0 Å². The third kappa shape index (κ3) is 2.60. The lowest BCUT2D eigenvalue weighted by molar-refractivity contribution is -0.0735. The zero-order chi connectivity index (χ0) is 15.0. The molecule has 1 aliphatic heterocycles. The lowest BCUT2D eigenvalue weighted by Gasteiger charge is -2.26. The largest absolute Gasteiger partial charge is 0.394 e. The Labute approximate surface area is 125 Å². The van der Waals surface area contributed by atoms with Gasteiger partial charge in [-0.15, -0.1) is 0 Å². The molecule has 0 spiro atoms. The van der Waals surface area contributed by atoms with E-state index in [2.05, 4.69) is 15.0 Å². The molecule has 0 aliphatic carbocycles. The molecule has 9 heteroatoms. The first-order chi connectivity index (χ1) is 10.1. The molecule has 0 amide bonds. The van der Waals surface area contributed by atoms with Gasteiger partial charge >= 0.3 is 0 Å². The van der Waals surface area contributed by atoms with E-state index in [1.165, 1.54) is 12.7 Å². The molecule has 2 aromatic heterocycles. The van der Waals surface area contributed by atoms with Crippen LogP contribution in [-0.4, -0.2) is 66.4 Å². The highest BCUT2D eigenvalue weighted by Gasteiger charge is 2.35. The van der Waals surface area contributed by atoms with Crippen molar-refractivity contribution >= 4 is 22.8 Å². The van der Waals surface area contributed by atoms with Gasteiger partial charge < -0.3 is 24.6 Å². The van der Waals surface area contributed by atoms with Crippen LogP contribution in [0.4, 0.5) is 0 Å². The summed E-state index contributed by atoms with van der Waals surface area (Å²) >= 11 is 5.96. The van der Waals surface area contributed by atoms with Gasteiger partial charge in [0, 0.05) is 0 Å². The average Bonchev–Trinajstić information content (AvgIpc) is 2.84. The van der Waals surface area contributed by atoms with Gasteiger partial charge in [0.05, 0.1) is 31.7 Å². The van der Waals surface area contributed by atoms with E-state index in [0.717, 1.165) is 0 Å². The number of imidazole rings is 1. The van der Waals surface area contributed by atoms with Gasteiger partial charge in [-0.1, -0.05) is 11.6 Å². The van der Waals surface area contributed by atoms with Crippen molar-refractivity contribution in [3.05, 3.63) is 17.8 Å². The highest BCUT2D eigenvalue weighted by Crippen LogP contribution is 2.29. The highest BCUT2D eigenvalue weighted by molar-refractivity contribution is 6.33. The van der Waals surface area contributed by atoms with E-state index in [1.807, 2.05) is 0 Å². The molecule has 1 saturated heterocycles. The topological polar surface area (TPSA) is 114 Å². The van der Waals surface area contributed by atoms with Crippen LogP contribution in [0.3, 0.4) is 0 Å². The molecule has 0 radical (unpaired) electrons. The van der Waals surface area contributed by atoms with Crippen molar-refractivity contribution in [1.82, 2.24) is 19.5 Å². The summed E-state index contributed by atoms with van der Waals surface area (Å²) in [5, 5.41) is 29.8. The zero-order valence-corrected chi connectivity index (χ0v) is 11.8. The fraction of sp³-hybridized carbons (Fsp3) is 0.583. The molecule has 0 bridgehead atoms. The van der Waals surface area contributed by atoms with Crippen LogP contribution < -0.4 is 0 Å². The lowest BCUT2D eigenvalue weighted by Crippen LogP contribution is -2.37. The number of aliphatic hydroxyl groups is 3. The number of rotatable bonds is 2. The minimum atomic E-state index is -1.00. The van der Waals surface area contributed by atoms with E-state index < -0.39 is 24.4 Å². The molecule has 0 unspecified atom stereocenters. The standard InChI is InChI=1S/C12H15ClN4O4/c13-11-9-12(15-4-14-11)17(5-16-9)7-1-6(19)3-21-8(2-18)10(7)20/h4-8,10,18-20H,1-3H2/t6-,7+,8-,10-/m1/s1. The molecule has 3 N–H and O–H groups in total. The molecule has 3 rings (SSSR count). The van der Waals surface area contributed by atoms with Crippen molar-refractivity contribution in [2.45, 2.75) is 30.8 Å². The fourth-order valence-electron chi connectivity index (χ4n) is 2.57. The molecule has 0 saturated carbocycles. The van der Waals surface area contributed by atoms with Crippen LogP contribution in [0.15, 0.2) is 12.7 Å². The molecular weight excluding hydrogens is 300 g/mol. The van der Waals surface area contributed by atoms with Gasteiger partial charge in [-0.05, 0) is 6.42 Å². The van der Waals surface area contributed by atoms with E-state index >= 15 is 0 Å². The Morgan fingerprint density at radius 1 is 1.33 bits per heavy atom. The molecule has 0 aromatic carbocycles. The second kappa shape index (κ2) is 5.82. The number of halogens is 1. The number of nitrogens with zero attached hydrogens (tertiary/aromatic N) is 4. The van der Waals surface area contributed by atoms with Gasteiger partial charge in [-0.25, -0.2) is 15.0 Å². The van der Waals surface area contributed by atoms with Gasteiger partial charge in [0.2, 0.25) is 0 Å². The number of hydrogen-bond donors (Lipinski definition) is 3. The first-order valence-corrected chi connectivity index (χ1v) is 6.91. The normalized spacial score (nSPS) is 30.5. The molecule has 4 atom stereocenters. The van der Waals surface area contributed by atoms with Crippen LogP contribution in [0.1, 0.15) is 12.5 Å². The fourth-order valence-corrected chi connectivity index (χ4v) is 2.75. The highest BCUT2D eigenvalue weighted by atomic mass is 35.5. The first-order valence-electron chi connectivity index (χ1n) is 6.53. The lowest BCUT2D eigenvalue weighted by atomic mass is 10.0. The zero-order valence-electron chi connectivity index (χ0n) is 11.0. The van der Waals surface area contributed by atoms with E-state index in [4.69, 9.17) is 16.3 Å². The molecule has 2 aromatic rings. The van der Waals surface area contributed by atoms with Crippen molar-refractivity contribution in [2.24, 2.45) is 0 Å². The summed E-state index contributed by atoms with van der Waals surface area (Å²) in [6.07, 6.45) is 0.523. The van der Waals surface area contributed by atoms with Crippen LogP contribution in [0.2, 0.25) is 5.15 Å². The summed E-state index contributed by atoms with van der Waals surface area (Å²) in [7, 11) is 0. The van der Waals surface area contributed by atoms with Crippen LogP contribution in [0.5, 0.6) is 0 Å². The number of fused-ring (bicyclic) bond motifs is 1. The van der Waals surface area contributed by atoms with Crippen molar-refractivity contribution in [1.29, 1.82) is 0 Å². The SMILES string of the molecule is OC[C@H]1OC[C@H](O)C[C@H](n2cnc3c(Cl)ncnc32)[C@H]1O. The second-order valence-electron chi connectivity index (χ2n) is 4.99. The molecule has 3 heterocycles. The van der Waals surface area contributed by atoms with E-state index in [9.17, 15) is 15.3 Å². The van der Waals surface area contributed by atoms with Gasteiger partial charge in [0.25, 0.3) is 0 Å². The molecule has 21 heavy (non-hydrogen) atoms. The van der Waals surface area contributed by atoms with Gasteiger partial charge in [-0.2, -0.15) is 0 Å². The minimum Gasteiger partial charge on any atom is -0.394 e. The van der Waals surface area contributed by atoms with Crippen LogP contribution in [0.25, 0.3) is 11.2 Å². The van der Waals surface area contributed by atoms with Gasteiger partial charge in [0.15, 0.2) is 10.8 Å². The summed E-state index contributed by atoms with van der Waals surface area (Å²) in [4.78, 5) is 12.1. The van der Waals surface area contributed by atoms with E-state index in [-0.39, 0.29) is 24.8 Å². The Balaban J connectivity index is 2.04. The van der Waals surface area contributed by atoms with Gasteiger partial charge in [-0.3, -0.25) is 0 Å². The van der Waals surface area contributed by atoms with Crippen molar-refractivity contribution in [3.63, 3.8) is 0 Å². The summed E-state index contributed by atoms with van der Waals surface area (Å²) in [5.74, 6) is 0. The Kier molecular flexibility index (Phi) is 4.05. The smallest absolute Gasteiger partial charge is 0.165 e. The minimum absolute atomic E-state index is 0.0567. The Hall–Kier alpha value is -1.32. The predicted molar refractivity (Wildman–Crippen MR) is 72.8 cm³/mol.